The Balaban J connectivity index is 1.38. The quantitative estimate of drug-likeness (QED) is 0.122. The maximum Gasteiger partial charge on any atom is 0.320 e. The molecule has 1 aromatic heterocycles. The van der Waals surface area contributed by atoms with E-state index in [0.717, 1.165) is 6.07 Å². The van der Waals surface area contributed by atoms with E-state index in [1.807, 2.05) is 0 Å². The number of phenolic OH excluding ortho intramolecular Hbond substituents is 3. The zero-order valence-electron chi connectivity index (χ0n) is 27.1. The van der Waals surface area contributed by atoms with Crippen LogP contribution in [-0.4, -0.2) is 143 Å². The smallest absolute Gasteiger partial charge is 0.320 e. The molecule has 0 amide bonds. The summed E-state index contributed by atoms with van der Waals surface area (Å²) >= 11 is 0. The van der Waals surface area contributed by atoms with E-state index in [2.05, 4.69) is 0 Å². The summed E-state index contributed by atoms with van der Waals surface area (Å²) in [6, 6.07) is 5.57. The summed E-state index contributed by atoms with van der Waals surface area (Å²) in [6.07, 6.45) is -15.6. The minimum absolute atomic E-state index is 0.0416. The second-order valence-corrected chi connectivity index (χ2v) is 12.8. The van der Waals surface area contributed by atoms with Gasteiger partial charge in [-0.1, -0.05) is 12.1 Å². The maximum atomic E-state index is 14.2. The van der Waals surface area contributed by atoms with Gasteiger partial charge in [-0.3, -0.25) is 14.5 Å². The highest BCUT2D eigenvalue weighted by Crippen LogP contribution is 2.42. The second-order valence-electron chi connectivity index (χ2n) is 12.8. The van der Waals surface area contributed by atoms with Crippen LogP contribution in [0.4, 0.5) is 0 Å². The molecular weight excluding hydrogens is 682 g/mol. The van der Waals surface area contributed by atoms with Gasteiger partial charge in [-0.15, -0.1) is 0 Å². The van der Waals surface area contributed by atoms with Gasteiger partial charge in [0.15, 0.2) is 17.6 Å². The van der Waals surface area contributed by atoms with Crippen molar-refractivity contribution in [1.82, 2.24) is 4.90 Å². The summed E-state index contributed by atoms with van der Waals surface area (Å²) < 4.78 is 28.5. The minimum Gasteiger partial charge on any atom is -0.507 e. The number of aliphatic hydroxyl groups is 6. The highest BCUT2D eigenvalue weighted by molar-refractivity contribution is 5.91. The summed E-state index contributed by atoms with van der Waals surface area (Å²) in [5.41, 5.74) is -1.58. The van der Waals surface area contributed by atoms with Gasteiger partial charge in [-0.2, -0.15) is 0 Å². The fourth-order valence-corrected chi connectivity index (χ4v) is 6.58. The van der Waals surface area contributed by atoms with Gasteiger partial charge in [0.2, 0.25) is 17.5 Å². The fourth-order valence-electron chi connectivity index (χ4n) is 6.58. The number of likely N-dealkylation sites (tertiary alicyclic amines) is 1. The Hall–Kier alpha value is -4.08. The van der Waals surface area contributed by atoms with Crippen LogP contribution in [0.3, 0.4) is 0 Å². The average Bonchev–Trinajstić information content (AvgIpc) is 3.57. The number of carbonyl (C=O) groups is 1. The molecule has 3 aliphatic rings. The normalized spacial score (nSPS) is 33.0. The van der Waals surface area contributed by atoms with Gasteiger partial charge in [0.05, 0.1) is 23.8 Å². The molecule has 0 unspecified atom stereocenters. The van der Waals surface area contributed by atoms with Gasteiger partial charge in [0, 0.05) is 12.6 Å². The minimum atomic E-state index is -2.01. The van der Waals surface area contributed by atoms with E-state index < -0.39 is 120 Å². The predicted octanol–water partition coefficient (Wildman–Crippen LogP) is -1.34. The third-order valence-electron chi connectivity index (χ3n) is 9.48. The lowest BCUT2D eigenvalue weighted by Gasteiger charge is -2.42. The summed E-state index contributed by atoms with van der Waals surface area (Å²) in [5, 5.41) is 104. The number of para-hydroxylation sites is 1. The number of aliphatic hydroxyl groups excluding tert-OH is 6. The largest absolute Gasteiger partial charge is 0.507 e. The predicted molar refractivity (Wildman–Crippen MR) is 170 cm³/mol. The van der Waals surface area contributed by atoms with E-state index in [1.54, 1.807) is 4.90 Å². The molecule has 3 saturated heterocycles. The first-order valence-electron chi connectivity index (χ1n) is 16.2. The number of benzene rings is 2. The van der Waals surface area contributed by atoms with Crippen LogP contribution in [0.2, 0.25) is 0 Å². The van der Waals surface area contributed by atoms with Gasteiger partial charge >= 0.3 is 5.97 Å². The molecule has 18 nitrogen and oxygen atoms in total. The number of hydrogen-bond acceptors (Lipinski definition) is 17. The molecule has 0 aliphatic carbocycles. The summed E-state index contributed by atoms with van der Waals surface area (Å²) in [4.78, 5) is 27.6. The van der Waals surface area contributed by atoms with Crippen molar-refractivity contribution in [2.24, 2.45) is 0 Å². The number of aromatic hydroxyl groups is 3. The van der Waals surface area contributed by atoms with Crippen molar-refractivity contribution in [3.63, 3.8) is 0 Å². The number of phenols is 3. The Morgan fingerprint density at radius 2 is 1.57 bits per heavy atom. The zero-order chi connectivity index (χ0) is 36.9. The Morgan fingerprint density at radius 3 is 2.27 bits per heavy atom. The molecule has 3 fully saturated rings. The van der Waals surface area contributed by atoms with Gasteiger partial charge in [0.1, 0.15) is 71.4 Å². The molecule has 2 aromatic carbocycles. The van der Waals surface area contributed by atoms with E-state index in [9.17, 15) is 60.7 Å². The Labute approximate surface area is 288 Å². The number of hydrogen-bond donors (Lipinski definition) is 10. The van der Waals surface area contributed by atoms with E-state index in [1.165, 1.54) is 31.2 Å². The van der Waals surface area contributed by atoms with Crippen LogP contribution in [0.25, 0.3) is 22.3 Å². The standard InChI is InChI=1S/C33H39NO17/c1-12-21(38)24(41)26(43)32(48-12)47-11-19-22(39)25(42)27(44)33(49-19)51-30-23(40)20-18(37)9-17(36)14(10-34-8-4-6-15(34)31(45)46)28(20)50-29(30)13-5-2-3-7-16(13)35/h2-3,5,7,9,12,15,19,21-22,24-27,32-33,35-39,41-44H,4,6,8,10-11H2,1H3,(H,45,46)/t12-,15-,19+,21-,22+,24+,25+,26+,27+,32+,33-/m1/s1. The maximum absolute atomic E-state index is 14.2. The number of rotatable bonds is 9. The first kappa shape index (κ1) is 36.7. The van der Waals surface area contributed by atoms with Crippen LogP contribution in [0.1, 0.15) is 25.3 Å². The molecule has 18 heteroatoms. The van der Waals surface area contributed by atoms with Crippen LogP contribution in [0, 0.1) is 0 Å². The monoisotopic (exact) mass is 721 g/mol. The van der Waals surface area contributed by atoms with Crippen LogP contribution in [-0.2, 0) is 25.5 Å². The molecule has 6 rings (SSSR count). The number of fused-ring (bicyclic) bond motifs is 1. The van der Waals surface area contributed by atoms with Gasteiger partial charge in [-0.05, 0) is 38.4 Å². The Morgan fingerprint density at radius 1 is 0.882 bits per heavy atom. The molecule has 51 heavy (non-hydrogen) atoms. The van der Waals surface area contributed by atoms with Gasteiger partial charge < -0.3 is 74.4 Å². The number of aliphatic carboxylic acids is 1. The van der Waals surface area contributed by atoms with E-state index in [-0.39, 0.29) is 23.3 Å². The molecule has 3 aliphatic heterocycles. The lowest BCUT2D eigenvalue weighted by molar-refractivity contribution is -0.318. The van der Waals surface area contributed by atoms with Crippen LogP contribution < -0.4 is 10.2 Å². The Kier molecular flexibility index (Phi) is 10.4. The molecule has 3 aromatic rings. The molecule has 4 heterocycles. The van der Waals surface area contributed by atoms with Crippen molar-refractivity contribution in [3.8, 4) is 34.3 Å². The molecule has 11 atom stereocenters. The van der Waals surface area contributed by atoms with Crippen molar-refractivity contribution in [2.75, 3.05) is 13.2 Å². The molecular formula is C33H39NO17. The highest BCUT2D eigenvalue weighted by Gasteiger charge is 2.48. The molecule has 0 spiro atoms. The van der Waals surface area contributed by atoms with Crippen LogP contribution in [0.5, 0.6) is 23.0 Å². The van der Waals surface area contributed by atoms with Crippen LogP contribution in [0.15, 0.2) is 39.5 Å². The molecule has 278 valence electrons. The number of ether oxygens (including phenoxy) is 4. The first-order chi connectivity index (χ1) is 24.2. The lowest BCUT2D eigenvalue weighted by Crippen LogP contribution is -2.61. The van der Waals surface area contributed by atoms with Crippen molar-refractivity contribution in [3.05, 3.63) is 46.1 Å². The van der Waals surface area contributed by atoms with E-state index in [0.29, 0.717) is 19.4 Å². The van der Waals surface area contributed by atoms with Crippen molar-refractivity contribution >= 4 is 16.9 Å². The molecule has 0 radical (unpaired) electrons. The van der Waals surface area contributed by atoms with Crippen molar-refractivity contribution in [1.29, 1.82) is 0 Å². The Bertz CT molecular complexity index is 1820. The third kappa shape index (κ3) is 6.83. The SMILES string of the molecule is C[C@H]1O[C@H](OC[C@@H]2O[C@H](Oc3c(-c4ccccc4O)oc4c(CN5CCC[C@@H]5C(=O)O)c(O)cc(O)c4c3=O)[C@@H](O)[C@@H](O)[C@H]2O)[C@@H](O)[C@@H](O)[C@@H]1O. The van der Waals surface area contributed by atoms with Crippen molar-refractivity contribution < 1.29 is 79.2 Å². The summed E-state index contributed by atoms with van der Waals surface area (Å²) in [6.45, 7) is 0.940. The lowest BCUT2D eigenvalue weighted by atomic mass is 9.98. The highest BCUT2D eigenvalue weighted by atomic mass is 16.7. The van der Waals surface area contributed by atoms with Gasteiger partial charge in [0.25, 0.3) is 0 Å². The molecule has 10 N–H and O–H groups in total. The fraction of sp³-hybridized carbons (Fsp3) is 0.515. The van der Waals surface area contributed by atoms with Crippen molar-refractivity contribution in [2.45, 2.75) is 93.8 Å². The second kappa shape index (κ2) is 14.5. The third-order valence-corrected chi connectivity index (χ3v) is 9.48. The molecule has 0 saturated carbocycles. The summed E-state index contributed by atoms with van der Waals surface area (Å²) in [5.74, 6) is -3.93. The van der Waals surface area contributed by atoms with E-state index >= 15 is 0 Å². The van der Waals surface area contributed by atoms with Gasteiger partial charge in [-0.25, -0.2) is 0 Å². The number of carboxylic acid groups (broad SMARTS) is 1. The number of carboxylic acids is 1. The summed E-state index contributed by atoms with van der Waals surface area (Å²) in [7, 11) is 0. The topological polar surface area (TPSA) is 290 Å². The average molecular weight is 722 g/mol. The van der Waals surface area contributed by atoms with Crippen LogP contribution >= 0.6 is 0 Å². The first-order valence-corrected chi connectivity index (χ1v) is 16.2. The van der Waals surface area contributed by atoms with E-state index in [4.69, 9.17) is 23.4 Å². The molecule has 0 bridgehead atoms. The zero-order valence-corrected chi connectivity index (χ0v) is 27.1. The number of nitrogens with zero attached hydrogens (tertiary/aromatic N) is 1.